The molecule has 2 aromatic rings. The number of rotatable bonds is 7. The second-order valence-electron chi connectivity index (χ2n) is 5.42. The van der Waals surface area contributed by atoms with Gasteiger partial charge in [0.25, 0.3) is 11.6 Å². The van der Waals surface area contributed by atoms with Crippen LogP contribution in [0.15, 0.2) is 48.5 Å². The lowest BCUT2D eigenvalue weighted by atomic mass is 10.1. The van der Waals surface area contributed by atoms with Crippen molar-refractivity contribution >= 4 is 28.9 Å². The van der Waals surface area contributed by atoms with E-state index in [-0.39, 0.29) is 16.9 Å². The maximum atomic E-state index is 12.2. The monoisotopic (exact) mass is 357 g/mol. The lowest BCUT2D eigenvalue weighted by molar-refractivity contribution is -0.383. The van der Waals surface area contributed by atoms with Crippen LogP contribution in [-0.4, -0.2) is 29.4 Å². The number of esters is 1. The van der Waals surface area contributed by atoms with Gasteiger partial charge in [-0.15, -0.1) is 0 Å². The van der Waals surface area contributed by atoms with Gasteiger partial charge in [0.05, 0.1) is 10.5 Å². The average Bonchev–Trinajstić information content (AvgIpc) is 2.62. The first kappa shape index (κ1) is 18.9. The Balaban J connectivity index is 2.20. The van der Waals surface area contributed by atoms with Crippen LogP contribution in [-0.2, 0) is 9.53 Å². The number of carbonyl (C=O) groups is 2. The topological polar surface area (TPSA) is 111 Å². The molecule has 0 aliphatic rings. The van der Waals surface area contributed by atoms with E-state index in [0.717, 1.165) is 6.07 Å². The van der Waals surface area contributed by atoms with Crippen LogP contribution in [0.1, 0.15) is 24.2 Å². The molecule has 1 atom stereocenters. The van der Waals surface area contributed by atoms with Gasteiger partial charge in [0.2, 0.25) is 0 Å². The molecule has 0 radical (unpaired) electrons. The van der Waals surface area contributed by atoms with Gasteiger partial charge in [-0.25, -0.2) is 4.79 Å². The van der Waals surface area contributed by atoms with Crippen molar-refractivity contribution in [3.8, 4) is 0 Å². The molecule has 0 fully saturated rings. The number of amides is 1. The van der Waals surface area contributed by atoms with Crippen LogP contribution in [0.3, 0.4) is 0 Å². The minimum absolute atomic E-state index is 0.00791. The molecule has 136 valence electrons. The second kappa shape index (κ2) is 8.61. The van der Waals surface area contributed by atoms with Gasteiger partial charge in [0.1, 0.15) is 5.69 Å². The Morgan fingerprint density at radius 1 is 1.19 bits per heavy atom. The fourth-order valence-corrected chi connectivity index (χ4v) is 2.19. The van der Waals surface area contributed by atoms with Gasteiger partial charge in [-0.3, -0.25) is 14.9 Å². The van der Waals surface area contributed by atoms with Crippen molar-refractivity contribution in [3.05, 3.63) is 64.2 Å². The third-order valence-corrected chi connectivity index (χ3v) is 3.49. The summed E-state index contributed by atoms with van der Waals surface area (Å²) in [6.45, 7) is 3.59. The summed E-state index contributed by atoms with van der Waals surface area (Å²) in [6.07, 6.45) is -0.997. The number of nitro benzene ring substituents is 1. The van der Waals surface area contributed by atoms with Gasteiger partial charge < -0.3 is 15.4 Å². The van der Waals surface area contributed by atoms with Crippen LogP contribution in [0.25, 0.3) is 0 Å². The maximum Gasteiger partial charge on any atom is 0.339 e. The van der Waals surface area contributed by atoms with E-state index in [9.17, 15) is 19.7 Å². The summed E-state index contributed by atoms with van der Waals surface area (Å²) < 4.78 is 5.05. The molecule has 2 N–H and O–H groups in total. The lowest BCUT2D eigenvalue weighted by Gasteiger charge is -2.13. The van der Waals surface area contributed by atoms with Gasteiger partial charge in [0.15, 0.2) is 6.10 Å². The molecule has 0 aliphatic carbocycles. The number of hydrogen-bond acceptors (Lipinski definition) is 6. The fraction of sp³-hybridized carbons (Fsp3) is 0.222. The molecule has 0 aliphatic heterocycles. The number of nitrogens with one attached hydrogen (secondary N) is 2. The molecular weight excluding hydrogens is 338 g/mol. The van der Waals surface area contributed by atoms with Crippen molar-refractivity contribution in [2.45, 2.75) is 20.0 Å². The Morgan fingerprint density at radius 3 is 2.50 bits per heavy atom. The van der Waals surface area contributed by atoms with Crippen LogP contribution in [0.2, 0.25) is 0 Å². The van der Waals surface area contributed by atoms with E-state index in [0.29, 0.717) is 12.2 Å². The Labute approximate surface area is 150 Å². The number of benzene rings is 2. The average molecular weight is 357 g/mol. The third-order valence-electron chi connectivity index (χ3n) is 3.49. The molecule has 1 amide bonds. The molecule has 8 heteroatoms. The molecular formula is C18H19N3O5. The number of carbonyl (C=O) groups excluding carboxylic acids is 2. The predicted octanol–water partition coefficient (Wildman–Crippen LogP) is 3.02. The summed E-state index contributed by atoms with van der Waals surface area (Å²) in [5.74, 6) is -1.24. The molecule has 0 aromatic heterocycles. The zero-order valence-electron chi connectivity index (χ0n) is 14.4. The molecule has 0 saturated heterocycles. The number of nitro groups is 1. The molecule has 26 heavy (non-hydrogen) atoms. The van der Waals surface area contributed by atoms with Crippen molar-refractivity contribution < 1.29 is 19.2 Å². The zero-order valence-corrected chi connectivity index (χ0v) is 14.4. The van der Waals surface area contributed by atoms with E-state index < -0.39 is 22.9 Å². The van der Waals surface area contributed by atoms with Crippen LogP contribution in [0, 0.1) is 10.1 Å². The highest BCUT2D eigenvalue weighted by molar-refractivity contribution is 5.94. The van der Waals surface area contributed by atoms with Crippen LogP contribution in [0.5, 0.6) is 0 Å². The first-order valence-electron chi connectivity index (χ1n) is 8.01. The Bertz CT molecular complexity index is 808. The Morgan fingerprint density at radius 2 is 1.88 bits per heavy atom. The van der Waals surface area contributed by atoms with Gasteiger partial charge in [-0.2, -0.15) is 0 Å². The summed E-state index contributed by atoms with van der Waals surface area (Å²) in [5, 5.41) is 16.8. The van der Waals surface area contributed by atoms with E-state index in [2.05, 4.69) is 10.6 Å². The number of para-hydroxylation sites is 1. The summed E-state index contributed by atoms with van der Waals surface area (Å²) in [6, 6.07) is 12.9. The summed E-state index contributed by atoms with van der Waals surface area (Å²) in [4.78, 5) is 34.6. The largest absolute Gasteiger partial charge is 0.449 e. The van der Waals surface area contributed by atoms with Crippen molar-refractivity contribution in [1.82, 2.24) is 5.32 Å². The van der Waals surface area contributed by atoms with Crippen molar-refractivity contribution in [2.75, 3.05) is 11.9 Å². The smallest absolute Gasteiger partial charge is 0.339 e. The van der Waals surface area contributed by atoms with Crippen LogP contribution in [0.4, 0.5) is 17.1 Å². The normalized spacial score (nSPS) is 11.3. The van der Waals surface area contributed by atoms with Gasteiger partial charge in [-0.05, 0) is 38.1 Å². The van der Waals surface area contributed by atoms with E-state index in [1.54, 1.807) is 31.2 Å². The van der Waals surface area contributed by atoms with Crippen LogP contribution >= 0.6 is 0 Å². The van der Waals surface area contributed by atoms with Gasteiger partial charge in [-0.1, -0.05) is 18.2 Å². The van der Waals surface area contributed by atoms with E-state index >= 15 is 0 Å². The Hall–Kier alpha value is -3.42. The molecule has 0 saturated carbocycles. The highest BCUT2D eigenvalue weighted by Crippen LogP contribution is 2.29. The Kier molecular flexibility index (Phi) is 6.26. The first-order valence-corrected chi connectivity index (χ1v) is 8.01. The lowest BCUT2D eigenvalue weighted by Crippen LogP contribution is -2.35. The molecule has 2 aromatic carbocycles. The summed E-state index contributed by atoms with van der Waals surface area (Å²) in [5.41, 5.74) is 0.644. The first-order chi connectivity index (χ1) is 12.4. The molecule has 0 unspecified atom stereocenters. The molecule has 0 heterocycles. The molecule has 8 nitrogen and oxygen atoms in total. The summed E-state index contributed by atoms with van der Waals surface area (Å²) in [7, 11) is 0. The zero-order chi connectivity index (χ0) is 19.1. The minimum atomic E-state index is -0.997. The minimum Gasteiger partial charge on any atom is -0.449 e. The number of hydrogen-bond donors (Lipinski definition) is 2. The van der Waals surface area contributed by atoms with E-state index in [1.165, 1.54) is 19.1 Å². The van der Waals surface area contributed by atoms with Gasteiger partial charge in [0, 0.05) is 18.3 Å². The summed E-state index contributed by atoms with van der Waals surface area (Å²) >= 11 is 0. The SMILES string of the molecule is CCNC(=O)[C@@H](C)OC(=O)c1ccc(Nc2ccccc2)c([N+](=O)[O-])c1. The van der Waals surface area contributed by atoms with Crippen LogP contribution < -0.4 is 10.6 Å². The number of ether oxygens (including phenoxy) is 1. The molecule has 0 bridgehead atoms. The predicted molar refractivity (Wildman–Crippen MR) is 96.4 cm³/mol. The van der Waals surface area contributed by atoms with Crippen molar-refractivity contribution in [2.24, 2.45) is 0 Å². The second-order valence-corrected chi connectivity index (χ2v) is 5.42. The standard InChI is InChI=1S/C18H19N3O5/c1-3-19-17(22)12(2)26-18(23)13-9-10-15(16(11-13)21(24)25)20-14-7-5-4-6-8-14/h4-12,20H,3H2,1-2H3,(H,19,22)/t12-/m1/s1. The quantitative estimate of drug-likeness (QED) is 0.448. The van der Waals surface area contributed by atoms with Gasteiger partial charge >= 0.3 is 5.97 Å². The highest BCUT2D eigenvalue weighted by atomic mass is 16.6. The number of likely N-dealkylation sites (N-methyl/N-ethyl adjacent to an activating group) is 1. The molecule has 0 spiro atoms. The number of anilines is 2. The third kappa shape index (κ3) is 4.79. The highest BCUT2D eigenvalue weighted by Gasteiger charge is 2.22. The van der Waals surface area contributed by atoms with E-state index in [4.69, 9.17) is 4.74 Å². The van der Waals surface area contributed by atoms with E-state index in [1.807, 2.05) is 6.07 Å². The maximum absolute atomic E-state index is 12.2. The fourth-order valence-electron chi connectivity index (χ4n) is 2.19. The van der Waals surface area contributed by atoms with Crippen molar-refractivity contribution in [1.29, 1.82) is 0 Å². The van der Waals surface area contributed by atoms with Crippen molar-refractivity contribution in [3.63, 3.8) is 0 Å². The number of nitrogens with zero attached hydrogens (tertiary/aromatic N) is 1. The molecule has 2 rings (SSSR count).